The van der Waals surface area contributed by atoms with Crippen LogP contribution in [0.15, 0.2) is 36.5 Å². The topological polar surface area (TPSA) is 30.0 Å². The highest BCUT2D eigenvalue weighted by molar-refractivity contribution is 6.00. The standard InChI is InChI=1S/C15H17NO/c1-3-5-11(2)15(17)13-8-7-12-6-4-9-16-14(12)10-13/h4,6-11H,3,5H2,1-2H3. The Hall–Kier alpha value is -1.70. The minimum Gasteiger partial charge on any atom is -0.294 e. The minimum atomic E-state index is 0.0983. The molecule has 0 saturated carbocycles. The maximum absolute atomic E-state index is 12.2. The number of benzene rings is 1. The van der Waals surface area contributed by atoms with E-state index in [1.165, 1.54) is 0 Å². The molecule has 0 bridgehead atoms. The summed E-state index contributed by atoms with van der Waals surface area (Å²) in [6.45, 7) is 4.10. The molecule has 0 aliphatic rings. The Morgan fingerprint density at radius 3 is 2.94 bits per heavy atom. The molecule has 0 aliphatic carbocycles. The van der Waals surface area contributed by atoms with Gasteiger partial charge in [-0.3, -0.25) is 9.78 Å². The van der Waals surface area contributed by atoms with Crippen LogP contribution >= 0.6 is 0 Å². The number of hydrogen-bond acceptors (Lipinski definition) is 2. The van der Waals surface area contributed by atoms with Crippen molar-refractivity contribution in [3.8, 4) is 0 Å². The maximum Gasteiger partial charge on any atom is 0.165 e. The molecular formula is C15H17NO. The van der Waals surface area contributed by atoms with Gasteiger partial charge in [0.05, 0.1) is 5.52 Å². The molecule has 1 atom stereocenters. The summed E-state index contributed by atoms with van der Waals surface area (Å²) in [5.41, 5.74) is 1.67. The fourth-order valence-electron chi connectivity index (χ4n) is 2.07. The summed E-state index contributed by atoms with van der Waals surface area (Å²) in [5.74, 6) is 0.320. The second kappa shape index (κ2) is 5.09. The zero-order valence-electron chi connectivity index (χ0n) is 10.3. The van der Waals surface area contributed by atoms with E-state index in [0.717, 1.165) is 29.3 Å². The lowest BCUT2D eigenvalue weighted by Crippen LogP contribution is -2.10. The van der Waals surface area contributed by atoms with Crippen molar-refractivity contribution >= 4 is 16.7 Å². The summed E-state index contributed by atoms with van der Waals surface area (Å²) in [4.78, 5) is 16.4. The first-order chi connectivity index (χ1) is 8.22. The molecule has 0 saturated heterocycles. The zero-order valence-corrected chi connectivity index (χ0v) is 10.3. The molecule has 0 amide bonds. The summed E-state index contributed by atoms with van der Waals surface area (Å²) in [5, 5.41) is 1.08. The lowest BCUT2D eigenvalue weighted by molar-refractivity contribution is 0.0923. The van der Waals surface area contributed by atoms with Crippen molar-refractivity contribution in [2.75, 3.05) is 0 Å². The van der Waals surface area contributed by atoms with Crippen LogP contribution in [0.1, 0.15) is 37.0 Å². The van der Waals surface area contributed by atoms with Gasteiger partial charge in [0, 0.05) is 23.1 Å². The van der Waals surface area contributed by atoms with E-state index in [1.807, 2.05) is 37.3 Å². The molecular weight excluding hydrogens is 210 g/mol. The Morgan fingerprint density at radius 1 is 1.35 bits per heavy atom. The maximum atomic E-state index is 12.2. The van der Waals surface area contributed by atoms with Crippen molar-refractivity contribution in [3.63, 3.8) is 0 Å². The summed E-state index contributed by atoms with van der Waals surface area (Å²) < 4.78 is 0. The lowest BCUT2D eigenvalue weighted by Gasteiger charge is -2.09. The lowest BCUT2D eigenvalue weighted by atomic mass is 9.95. The smallest absolute Gasteiger partial charge is 0.165 e. The van der Waals surface area contributed by atoms with Crippen LogP contribution in [0.5, 0.6) is 0 Å². The number of Topliss-reactive ketones (excluding diaryl/α,β-unsaturated/α-hetero) is 1. The van der Waals surface area contributed by atoms with E-state index in [-0.39, 0.29) is 11.7 Å². The van der Waals surface area contributed by atoms with Crippen molar-refractivity contribution in [1.82, 2.24) is 4.98 Å². The van der Waals surface area contributed by atoms with Crippen LogP contribution in [0.2, 0.25) is 0 Å². The van der Waals surface area contributed by atoms with Gasteiger partial charge in [0.2, 0.25) is 0 Å². The van der Waals surface area contributed by atoms with Crippen molar-refractivity contribution in [3.05, 3.63) is 42.1 Å². The number of hydrogen-bond donors (Lipinski definition) is 0. The first-order valence-corrected chi connectivity index (χ1v) is 6.11. The molecule has 2 aromatic rings. The fraction of sp³-hybridized carbons (Fsp3) is 0.333. The molecule has 0 radical (unpaired) electrons. The number of carbonyl (C=O) groups is 1. The molecule has 2 heteroatoms. The highest BCUT2D eigenvalue weighted by atomic mass is 16.1. The average molecular weight is 227 g/mol. The number of nitrogens with zero attached hydrogens (tertiary/aromatic N) is 1. The molecule has 1 unspecified atom stereocenters. The second-order valence-corrected chi connectivity index (χ2v) is 4.46. The fourth-order valence-corrected chi connectivity index (χ4v) is 2.07. The van der Waals surface area contributed by atoms with Gasteiger partial charge in [-0.1, -0.05) is 38.5 Å². The molecule has 1 heterocycles. The summed E-state index contributed by atoms with van der Waals surface area (Å²) in [7, 11) is 0. The van der Waals surface area contributed by atoms with E-state index < -0.39 is 0 Å². The predicted octanol–water partition coefficient (Wildman–Crippen LogP) is 3.85. The summed E-state index contributed by atoms with van der Waals surface area (Å²) in [6.07, 6.45) is 3.74. The summed E-state index contributed by atoms with van der Waals surface area (Å²) in [6, 6.07) is 9.67. The van der Waals surface area contributed by atoms with Gasteiger partial charge in [0.1, 0.15) is 0 Å². The van der Waals surface area contributed by atoms with E-state index >= 15 is 0 Å². The number of rotatable bonds is 4. The highest BCUT2D eigenvalue weighted by Crippen LogP contribution is 2.18. The molecule has 17 heavy (non-hydrogen) atoms. The highest BCUT2D eigenvalue weighted by Gasteiger charge is 2.14. The van der Waals surface area contributed by atoms with E-state index in [9.17, 15) is 4.79 Å². The molecule has 1 aromatic heterocycles. The molecule has 1 aromatic carbocycles. The average Bonchev–Trinajstić information content (AvgIpc) is 2.37. The van der Waals surface area contributed by atoms with Gasteiger partial charge in [0.15, 0.2) is 5.78 Å². The number of pyridine rings is 1. The van der Waals surface area contributed by atoms with Gasteiger partial charge >= 0.3 is 0 Å². The Balaban J connectivity index is 2.33. The SMILES string of the molecule is CCCC(C)C(=O)c1ccc2cccnc2c1. The van der Waals surface area contributed by atoms with Gasteiger partial charge in [-0.2, -0.15) is 0 Å². The van der Waals surface area contributed by atoms with Crippen LogP contribution < -0.4 is 0 Å². The van der Waals surface area contributed by atoms with Gasteiger partial charge < -0.3 is 0 Å². The zero-order chi connectivity index (χ0) is 12.3. The molecule has 0 N–H and O–H groups in total. The third-order valence-electron chi connectivity index (χ3n) is 3.06. The Bertz CT molecular complexity index is 533. The first kappa shape index (κ1) is 11.8. The number of fused-ring (bicyclic) bond motifs is 1. The number of aromatic nitrogens is 1. The Morgan fingerprint density at radius 2 is 2.18 bits per heavy atom. The van der Waals surface area contributed by atoms with Gasteiger partial charge in [-0.05, 0) is 18.6 Å². The first-order valence-electron chi connectivity index (χ1n) is 6.11. The van der Waals surface area contributed by atoms with E-state index in [1.54, 1.807) is 6.20 Å². The van der Waals surface area contributed by atoms with Gasteiger partial charge in [-0.15, -0.1) is 0 Å². The van der Waals surface area contributed by atoms with Gasteiger partial charge in [0.25, 0.3) is 0 Å². The largest absolute Gasteiger partial charge is 0.294 e. The summed E-state index contributed by atoms with van der Waals surface area (Å²) >= 11 is 0. The molecule has 88 valence electrons. The monoisotopic (exact) mass is 227 g/mol. The molecule has 2 nitrogen and oxygen atoms in total. The van der Waals surface area contributed by atoms with Crippen molar-refractivity contribution in [2.24, 2.45) is 5.92 Å². The normalized spacial score (nSPS) is 12.6. The third-order valence-corrected chi connectivity index (χ3v) is 3.06. The van der Waals surface area contributed by atoms with Gasteiger partial charge in [-0.25, -0.2) is 0 Å². The molecule has 0 spiro atoms. The van der Waals surface area contributed by atoms with Crippen LogP contribution in [-0.2, 0) is 0 Å². The molecule has 0 fully saturated rings. The quantitative estimate of drug-likeness (QED) is 0.742. The predicted molar refractivity (Wildman–Crippen MR) is 70.1 cm³/mol. The van der Waals surface area contributed by atoms with Crippen LogP contribution in [0.25, 0.3) is 10.9 Å². The van der Waals surface area contributed by atoms with Crippen LogP contribution in [0, 0.1) is 5.92 Å². The van der Waals surface area contributed by atoms with E-state index in [0.29, 0.717) is 0 Å². The van der Waals surface area contributed by atoms with Crippen molar-refractivity contribution < 1.29 is 4.79 Å². The van der Waals surface area contributed by atoms with Crippen LogP contribution in [0.3, 0.4) is 0 Å². The van der Waals surface area contributed by atoms with Crippen LogP contribution in [0.4, 0.5) is 0 Å². The third kappa shape index (κ3) is 2.52. The van der Waals surface area contributed by atoms with Crippen molar-refractivity contribution in [2.45, 2.75) is 26.7 Å². The Labute approximate surface area is 102 Å². The molecule has 0 aliphatic heterocycles. The Kier molecular flexibility index (Phi) is 3.52. The van der Waals surface area contributed by atoms with E-state index in [4.69, 9.17) is 0 Å². The van der Waals surface area contributed by atoms with Crippen LogP contribution in [-0.4, -0.2) is 10.8 Å². The number of carbonyl (C=O) groups excluding carboxylic acids is 1. The molecule has 2 rings (SSSR count). The number of ketones is 1. The minimum absolute atomic E-state index is 0.0983. The second-order valence-electron chi connectivity index (χ2n) is 4.46. The van der Waals surface area contributed by atoms with E-state index in [2.05, 4.69) is 11.9 Å². The van der Waals surface area contributed by atoms with Crippen molar-refractivity contribution in [1.29, 1.82) is 0 Å².